The Hall–Kier alpha value is -2.77. The summed E-state index contributed by atoms with van der Waals surface area (Å²) in [6, 6.07) is 14.1. The van der Waals surface area contributed by atoms with E-state index < -0.39 is 0 Å². The Kier molecular flexibility index (Phi) is 8.99. The summed E-state index contributed by atoms with van der Waals surface area (Å²) in [5.74, 6) is 2.08. The van der Waals surface area contributed by atoms with Crippen LogP contribution < -0.4 is 20.1 Å². The molecule has 7 nitrogen and oxygen atoms in total. The zero-order valence-electron chi connectivity index (χ0n) is 18.6. The van der Waals surface area contributed by atoms with E-state index in [2.05, 4.69) is 39.9 Å². The minimum Gasteiger partial charge on any atom is -0.493 e. The molecule has 1 fully saturated rings. The molecular weight excluding hydrogens is 394 g/mol. The largest absolute Gasteiger partial charge is 0.493 e. The number of guanidine groups is 1. The standard InChI is InChI=1S/C24H33N3O4/c1-4-30-23-15-20(8-9-22(23)28-3)27-24(25-2)26-16-18-6-5-7-19(14-18)17-31-21-10-12-29-13-11-21/h5-9,14-15,21H,4,10-13,16-17H2,1-3H3,(H2,25,26,27). The average Bonchev–Trinajstić information content (AvgIpc) is 2.82. The van der Waals surface area contributed by atoms with Crippen molar-refractivity contribution < 1.29 is 18.9 Å². The first-order chi connectivity index (χ1) is 15.2. The van der Waals surface area contributed by atoms with E-state index in [0.29, 0.717) is 43.3 Å². The van der Waals surface area contributed by atoms with Crippen LogP contribution in [0.3, 0.4) is 0 Å². The van der Waals surface area contributed by atoms with Crippen LogP contribution in [-0.4, -0.2) is 46.0 Å². The predicted octanol–water partition coefficient (Wildman–Crippen LogP) is 3.98. The van der Waals surface area contributed by atoms with Crippen LogP contribution in [0.5, 0.6) is 11.5 Å². The molecule has 7 heteroatoms. The molecule has 2 aromatic rings. The Balaban J connectivity index is 1.54. The van der Waals surface area contributed by atoms with Crippen molar-refractivity contribution in [2.45, 2.75) is 39.0 Å². The van der Waals surface area contributed by atoms with Crippen molar-refractivity contribution >= 4 is 11.6 Å². The molecule has 0 aliphatic carbocycles. The van der Waals surface area contributed by atoms with Gasteiger partial charge in [0.05, 0.1) is 26.4 Å². The monoisotopic (exact) mass is 427 g/mol. The van der Waals surface area contributed by atoms with Crippen molar-refractivity contribution in [2.75, 3.05) is 39.3 Å². The van der Waals surface area contributed by atoms with E-state index in [1.54, 1.807) is 14.2 Å². The highest BCUT2D eigenvalue weighted by Gasteiger charge is 2.14. The number of nitrogens with zero attached hydrogens (tertiary/aromatic N) is 1. The van der Waals surface area contributed by atoms with Crippen molar-refractivity contribution in [3.8, 4) is 11.5 Å². The van der Waals surface area contributed by atoms with Crippen LogP contribution in [0.4, 0.5) is 5.69 Å². The summed E-state index contributed by atoms with van der Waals surface area (Å²) in [7, 11) is 3.38. The van der Waals surface area contributed by atoms with Gasteiger partial charge in [-0.15, -0.1) is 0 Å². The Morgan fingerprint density at radius 1 is 1.10 bits per heavy atom. The maximum absolute atomic E-state index is 6.04. The van der Waals surface area contributed by atoms with Crippen molar-refractivity contribution in [1.82, 2.24) is 5.32 Å². The molecule has 2 aromatic carbocycles. The molecule has 0 aromatic heterocycles. The molecule has 0 radical (unpaired) electrons. The fraction of sp³-hybridized carbons (Fsp3) is 0.458. The maximum atomic E-state index is 6.04. The van der Waals surface area contributed by atoms with Crippen LogP contribution in [-0.2, 0) is 22.6 Å². The van der Waals surface area contributed by atoms with Gasteiger partial charge in [0, 0.05) is 38.6 Å². The lowest BCUT2D eigenvalue weighted by atomic mass is 10.1. The quantitative estimate of drug-likeness (QED) is 0.466. The minimum atomic E-state index is 0.296. The minimum absolute atomic E-state index is 0.296. The Labute approximate surface area is 184 Å². The first-order valence-corrected chi connectivity index (χ1v) is 10.8. The number of methoxy groups -OCH3 is 1. The molecule has 31 heavy (non-hydrogen) atoms. The van der Waals surface area contributed by atoms with Crippen LogP contribution >= 0.6 is 0 Å². The number of aliphatic imine (C=N–C) groups is 1. The van der Waals surface area contributed by atoms with Gasteiger partial charge in [-0.05, 0) is 43.0 Å². The second-order valence-electron chi connectivity index (χ2n) is 7.29. The number of anilines is 1. The fourth-order valence-corrected chi connectivity index (χ4v) is 3.41. The summed E-state index contributed by atoms with van der Waals surface area (Å²) in [5, 5.41) is 6.66. The third-order valence-corrected chi connectivity index (χ3v) is 5.06. The zero-order valence-corrected chi connectivity index (χ0v) is 18.6. The van der Waals surface area contributed by atoms with Crippen molar-refractivity contribution in [3.05, 3.63) is 53.6 Å². The predicted molar refractivity (Wildman–Crippen MR) is 123 cm³/mol. The summed E-state index contributed by atoms with van der Waals surface area (Å²) >= 11 is 0. The number of nitrogens with one attached hydrogen (secondary N) is 2. The molecule has 0 saturated carbocycles. The van der Waals surface area contributed by atoms with E-state index >= 15 is 0 Å². The summed E-state index contributed by atoms with van der Waals surface area (Å²) in [4.78, 5) is 4.32. The summed E-state index contributed by atoms with van der Waals surface area (Å²) < 4.78 is 22.4. The lowest BCUT2D eigenvalue weighted by Gasteiger charge is -2.22. The summed E-state index contributed by atoms with van der Waals surface area (Å²) in [6.07, 6.45) is 2.24. The normalized spacial score (nSPS) is 14.9. The molecule has 3 rings (SSSR count). The molecule has 0 bridgehead atoms. The topological polar surface area (TPSA) is 73.3 Å². The Bertz CT molecular complexity index is 850. The Morgan fingerprint density at radius 3 is 2.65 bits per heavy atom. The van der Waals surface area contributed by atoms with E-state index in [-0.39, 0.29) is 0 Å². The molecule has 1 heterocycles. The van der Waals surface area contributed by atoms with E-state index in [1.165, 1.54) is 11.1 Å². The number of ether oxygens (including phenoxy) is 4. The van der Waals surface area contributed by atoms with Gasteiger partial charge in [-0.3, -0.25) is 4.99 Å². The van der Waals surface area contributed by atoms with Gasteiger partial charge in [0.2, 0.25) is 0 Å². The van der Waals surface area contributed by atoms with Crippen LogP contribution in [0, 0.1) is 0 Å². The maximum Gasteiger partial charge on any atom is 0.195 e. The van der Waals surface area contributed by atoms with Crippen molar-refractivity contribution in [3.63, 3.8) is 0 Å². The molecule has 0 amide bonds. The molecule has 1 aliphatic heterocycles. The van der Waals surface area contributed by atoms with Crippen LogP contribution in [0.25, 0.3) is 0 Å². The number of hydrogen-bond acceptors (Lipinski definition) is 5. The van der Waals surface area contributed by atoms with E-state index in [9.17, 15) is 0 Å². The highest BCUT2D eigenvalue weighted by atomic mass is 16.5. The zero-order chi connectivity index (χ0) is 21.9. The molecule has 0 unspecified atom stereocenters. The SMILES string of the molecule is CCOc1cc(NC(=NC)NCc2cccc(COC3CCOCC3)c2)ccc1OC. The Morgan fingerprint density at radius 2 is 1.90 bits per heavy atom. The van der Waals surface area contributed by atoms with Crippen LogP contribution in [0.2, 0.25) is 0 Å². The van der Waals surface area contributed by atoms with Gasteiger partial charge < -0.3 is 29.6 Å². The second-order valence-corrected chi connectivity index (χ2v) is 7.29. The van der Waals surface area contributed by atoms with Crippen molar-refractivity contribution in [1.29, 1.82) is 0 Å². The molecular formula is C24H33N3O4. The molecule has 2 N–H and O–H groups in total. The lowest BCUT2D eigenvalue weighted by molar-refractivity contribution is -0.0390. The van der Waals surface area contributed by atoms with Gasteiger partial charge >= 0.3 is 0 Å². The van der Waals surface area contributed by atoms with E-state index in [4.69, 9.17) is 18.9 Å². The molecule has 0 spiro atoms. The third kappa shape index (κ3) is 7.15. The summed E-state index contributed by atoms with van der Waals surface area (Å²) in [5.41, 5.74) is 3.21. The number of hydrogen-bond donors (Lipinski definition) is 2. The van der Waals surface area contributed by atoms with Gasteiger partial charge in [-0.2, -0.15) is 0 Å². The van der Waals surface area contributed by atoms with Crippen molar-refractivity contribution in [2.24, 2.45) is 4.99 Å². The molecule has 0 atom stereocenters. The summed E-state index contributed by atoms with van der Waals surface area (Å²) in [6.45, 7) is 5.38. The lowest BCUT2D eigenvalue weighted by Crippen LogP contribution is -2.30. The number of benzene rings is 2. The smallest absolute Gasteiger partial charge is 0.195 e. The first kappa shape index (κ1) is 22.9. The van der Waals surface area contributed by atoms with E-state index in [1.807, 2.05) is 25.1 Å². The fourth-order valence-electron chi connectivity index (χ4n) is 3.41. The molecule has 1 saturated heterocycles. The van der Waals surface area contributed by atoms with Gasteiger partial charge in [0.15, 0.2) is 17.5 Å². The van der Waals surface area contributed by atoms with Gasteiger partial charge in [-0.25, -0.2) is 0 Å². The third-order valence-electron chi connectivity index (χ3n) is 5.06. The van der Waals surface area contributed by atoms with Gasteiger partial charge in [-0.1, -0.05) is 24.3 Å². The van der Waals surface area contributed by atoms with Crippen LogP contribution in [0.15, 0.2) is 47.5 Å². The number of rotatable bonds is 9. The van der Waals surface area contributed by atoms with E-state index in [0.717, 1.165) is 31.7 Å². The highest BCUT2D eigenvalue weighted by Crippen LogP contribution is 2.30. The van der Waals surface area contributed by atoms with Gasteiger partial charge in [0.25, 0.3) is 0 Å². The van der Waals surface area contributed by atoms with Gasteiger partial charge in [0.1, 0.15) is 0 Å². The van der Waals surface area contributed by atoms with Crippen LogP contribution in [0.1, 0.15) is 30.9 Å². The molecule has 1 aliphatic rings. The second kappa shape index (κ2) is 12.2. The molecule has 168 valence electrons. The highest BCUT2D eigenvalue weighted by molar-refractivity contribution is 5.93. The average molecular weight is 428 g/mol. The first-order valence-electron chi connectivity index (χ1n) is 10.8.